The number of anilines is 1. The number of primary amides is 1. The standard InChI is InChI=1S/C16H20N6O/c1-11-4-2-3-7-22(11)16-19-9-12(10-20-16)15-18-6-5-13(21-15)8-14(17)23/h5-6,9-11H,2-4,7-8H2,1H3,(H2,17,23). The van der Waals surface area contributed by atoms with Crippen LogP contribution in [0.25, 0.3) is 11.4 Å². The topological polar surface area (TPSA) is 97.9 Å². The van der Waals surface area contributed by atoms with Gasteiger partial charge in [-0.05, 0) is 32.3 Å². The first-order valence-corrected chi connectivity index (χ1v) is 7.83. The molecule has 7 nitrogen and oxygen atoms in total. The minimum absolute atomic E-state index is 0.0970. The molecule has 1 aliphatic heterocycles. The molecule has 0 aliphatic carbocycles. The van der Waals surface area contributed by atoms with Gasteiger partial charge in [-0.3, -0.25) is 4.79 Å². The Morgan fingerprint density at radius 2 is 2.09 bits per heavy atom. The van der Waals surface area contributed by atoms with Gasteiger partial charge < -0.3 is 10.6 Å². The molecule has 2 aromatic heterocycles. The van der Waals surface area contributed by atoms with E-state index >= 15 is 0 Å². The summed E-state index contributed by atoms with van der Waals surface area (Å²) in [5.41, 5.74) is 6.52. The summed E-state index contributed by atoms with van der Waals surface area (Å²) in [7, 11) is 0. The molecule has 1 amide bonds. The molecule has 7 heteroatoms. The molecule has 0 saturated carbocycles. The Bertz CT molecular complexity index is 687. The van der Waals surface area contributed by atoms with Gasteiger partial charge in [-0.25, -0.2) is 19.9 Å². The fourth-order valence-corrected chi connectivity index (χ4v) is 2.79. The summed E-state index contributed by atoms with van der Waals surface area (Å²) in [6.07, 6.45) is 8.77. The van der Waals surface area contributed by atoms with Crippen molar-refractivity contribution >= 4 is 11.9 Å². The minimum Gasteiger partial charge on any atom is -0.369 e. The number of piperidine rings is 1. The van der Waals surface area contributed by atoms with E-state index in [2.05, 4.69) is 31.8 Å². The fourth-order valence-electron chi connectivity index (χ4n) is 2.79. The highest BCUT2D eigenvalue weighted by molar-refractivity contribution is 5.76. The highest BCUT2D eigenvalue weighted by atomic mass is 16.1. The van der Waals surface area contributed by atoms with Gasteiger partial charge in [-0.1, -0.05) is 0 Å². The van der Waals surface area contributed by atoms with Crippen molar-refractivity contribution < 1.29 is 4.79 Å². The van der Waals surface area contributed by atoms with Crippen LogP contribution >= 0.6 is 0 Å². The molecule has 0 radical (unpaired) electrons. The average Bonchev–Trinajstić information content (AvgIpc) is 2.55. The fraction of sp³-hybridized carbons (Fsp3) is 0.438. The molecule has 0 bridgehead atoms. The molecule has 2 aromatic rings. The van der Waals surface area contributed by atoms with E-state index in [0.717, 1.165) is 18.1 Å². The lowest BCUT2D eigenvalue weighted by atomic mass is 10.0. The summed E-state index contributed by atoms with van der Waals surface area (Å²) in [6.45, 7) is 3.19. The van der Waals surface area contributed by atoms with Crippen LogP contribution in [0.3, 0.4) is 0 Å². The number of nitrogens with two attached hydrogens (primary N) is 1. The maximum absolute atomic E-state index is 11.0. The lowest BCUT2D eigenvalue weighted by Gasteiger charge is -2.33. The molecule has 23 heavy (non-hydrogen) atoms. The van der Waals surface area contributed by atoms with E-state index in [1.54, 1.807) is 24.7 Å². The Morgan fingerprint density at radius 1 is 1.30 bits per heavy atom. The molecule has 0 aromatic carbocycles. The third-order valence-electron chi connectivity index (χ3n) is 4.02. The maximum Gasteiger partial charge on any atom is 0.225 e. The summed E-state index contributed by atoms with van der Waals surface area (Å²) < 4.78 is 0. The number of carbonyl (C=O) groups excluding carboxylic acids is 1. The van der Waals surface area contributed by atoms with Gasteiger partial charge >= 0.3 is 0 Å². The Morgan fingerprint density at radius 3 is 2.78 bits per heavy atom. The van der Waals surface area contributed by atoms with Crippen LogP contribution < -0.4 is 10.6 Å². The van der Waals surface area contributed by atoms with E-state index in [4.69, 9.17) is 5.73 Å². The first-order valence-electron chi connectivity index (χ1n) is 7.83. The SMILES string of the molecule is CC1CCCCN1c1ncc(-c2nccc(CC(N)=O)n2)cn1. The lowest BCUT2D eigenvalue weighted by molar-refractivity contribution is -0.117. The highest BCUT2D eigenvalue weighted by Crippen LogP contribution is 2.22. The molecule has 1 atom stereocenters. The van der Waals surface area contributed by atoms with Crippen LogP contribution in [0.2, 0.25) is 0 Å². The van der Waals surface area contributed by atoms with Gasteiger partial charge in [-0.15, -0.1) is 0 Å². The van der Waals surface area contributed by atoms with Crippen molar-refractivity contribution in [2.24, 2.45) is 5.73 Å². The molecule has 0 spiro atoms. The van der Waals surface area contributed by atoms with E-state index < -0.39 is 5.91 Å². The van der Waals surface area contributed by atoms with Gasteiger partial charge in [0.2, 0.25) is 11.9 Å². The number of carbonyl (C=O) groups is 1. The zero-order valence-corrected chi connectivity index (χ0v) is 13.1. The quantitative estimate of drug-likeness (QED) is 0.915. The Hall–Kier alpha value is -2.57. The van der Waals surface area contributed by atoms with E-state index in [1.807, 2.05) is 0 Å². The summed E-state index contributed by atoms with van der Waals surface area (Å²) in [6, 6.07) is 2.14. The molecule has 1 saturated heterocycles. The molecule has 3 heterocycles. The number of hydrogen-bond acceptors (Lipinski definition) is 6. The summed E-state index contributed by atoms with van der Waals surface area (Å²) in [5, 5.41) is 0. The Labute approximate surface area is 135 Å². The van der Waals surface area contributed by atoms with Gasteiger partial charge in [0.1, 0.15) is 0 Å². The molecular formula is C16H20N6O. The predicted octanol–water partition coefficient (Wildman–Crippen LogP) is 1.34. The van der Waals surface area contributed by atoms with Crippen molar-refractivity contribution in [3.05, 3.63) is 30.4 Å². The molecular weight excluding hydrogens is 292 g/mol. The van der Waals surface area contributed by atoms with E-state index in [1.165, 1.54) is 19.3 Å². The summed E-state index contributed by atoms with van der Waals surface area (Å²) in [4.78, 5) is 30.7. The first-order chi connectivity index (χ1) is 11.1. The van der Waals surface area contributed by atoms with Crippen LogP contribution in [-0.2, 0) is 11.2 Å². The second-order valence-corrected chi connectivity index (χ2v) is 5.82. The summed E-state index contributed by atoms with van der Waals surface area (Å²) in [5.74, 6) is 0.830. The van der Waals surface area contributed by atoms with Crippen LogP contribution in [0.4, 0.5) is 5.95 Å². The van der Waals surface area contributed by atoms with Gasteiger partial charge in [0, 0.05) is 31.2 Å². The molecule has 3 rings (SSSR count). The molecule has 1 fully saturated rings. The van der Waals surface area contributed by atoms with Crippen LogP contribution in [0, 0.1) is 0 Å². The summed E-state index contributed by atoms with van der Waals surface area (Å²) >= 11 is 0. The van der Waals surface area contributed by atoms with Crippen molar-refractivity contribution in [2.45, 2.75) is 38.6 Å². The van der Waals surface area contributed by atoms with Crippen LogP contribution in [0.1, 0.15) is 31.9 Å². The van der Waals surface area contributed by atoms with Gasteiger partial charge in [-0.2, -0.15) is 0 Å². The van der Waals surface area contributed by atoms with Crippen LogP contribution in [0.5, 0.6) is 0 Å². The van der Waals surface area contributed by atoms with E-state index in [0.29, 0.717) is 17.6 Å². The number of nitrogens with zero attached hydrogens (tertiary/aromatic N) is 5. The van der Waals surface area contributed by atoms with E-state index in [-0.39, 0.29) is 6.42 Å². The average molecular weight is 312 g/mol. The van der Waals surface area contributed by atoms with Crippen molar-refractivity contribution in [1.82, 2.24) is 19.9 Å². The minimum atomic E-state index is -0.416. The zero-order chi connectivity index (χ0) is 16.2. The Balaban J connectivity index is 1.80. The second kappa shape index (κ2) is 6.68. The monoisotopic (exact) mass is 312 g/mol. The van der Waals surface area contributed by atoms with Gasteiger partial charge in [0.15, 0.2) is 5.82 Å². The van der Waals surface area contributed by atoms with Crippen molar-refractivity contribution in [2.75, 3.05) is 11.4 Å². The largest absolute Gasteiger partial charge is 0.369 e. The number of aromatic nitrogens is 4. The molecule has 1 unspecified atom stereocenters. The maximum atomic E-state index is 11.0. The highest BCUT2D eigenvalue weighted by Gasteiger charge is 2.20. The zero-order valence-electron chi connectivity index (χ0n) is 13.1. The van der Waals surface area contributed by atoms with Crippen molar-refractivity contribution in [1.29, 1.82) is 0 Å². The molecule has 1 aliphatic rings. The van der Waals surface area contributed by atoms with E-state index in [9.17, 15) is 4.79 Å². The van der Waals surface area contributed by atoms with Gasteiger partial charge in [0.25, 0.3) is 0 Å². The van der Waals surface area contributed by atoms with Crippen molar-refractivity contribution in [3.63, 3.8) is 0 Å². The van der Waals surface area contributed by atoms with Crippen LogP contribution in [0.15, 0.2) is 24.7 Å². The normalized spacial score (nSPS) is 18.0. The second-order valence-electron chi connectivity index (χ2n) is 5.82. The third-order valence-corrected chi connectivity index (χ3v) is 4.02. The number of rotatable bonds is 4. The van der Waals surface area contributed by atoms with Crippen molar-refractivity contribution in [3.8, 4) is 11.4 Å². The number of amides is 1. The lowest BCUT2D eigenvalue weighted by Crippen LogP contribution is -2.38. The Kier molecular flexibility index (Phi) is 4.45. The number of hydrogen-bond donors (Lipinski definition) is 1. The van der Waals surface area contributed by atoms with Gasteiger partial charge in [0.05, 0.1) is 17.7 Å². The smallest absolute Gasteiger partial charge is 0.225 e. The third kappa shape index (κ3) is 3.61. The molecule has 120 valence electrons. The van der Waals surface area contributed by atoms with Crippen LogP contribution in [-0.4, -0.2) is 38.4 Å². The molecule has 2 N–H and O–H groups in total. The predicted molar refractivity (Wildman–Crippen MR) is 86.6 cm³/mol. The first kappa shape index (κ1) is 15.3.